The number of carbonyl (C=O) groups excluding carboxylic acids is 1. The van der Waals surface area contributed by atoms with Gasteiger partial charge in [0.05, 0.1) is 26.9 Å². The maximum Gasteiger partial charge on any atom is 0.238 e. The number of nitrogens with zero attached hydrogens (tertiary/aromatic N) is 1. The largest absolute Gasteiger partial charge is 0.326 e. The van der Waals surface area contributed by atoms with Crippen molar-refractivity contribution in [3.8, 4) is 10.4 Å². The van der Waals surface area contributed by atoms with Crippen molar-refractivity contribution >= 4 is 44.6 Å². The maximum absolute atomic E-state index is 12.3. The van der Waals surface area contributed by atoms with Crippen molar-refractivity contribution < 1.29 is 13.2 Å². The second-order valence-electron chi connectivity index (χ2n) is 6.22. The second kappa shape index (κ2) is 8.00. The van der Waals surface area contributed by atoms with Crippen molar-refractivity contribution in [1.82, 2.24) is 4.98 Å². The van der Waals surface area contributed by atoms with Gasteiger partial charge in [-0.2, -0.15) is 0 Å². The number of amides is 1. The number of rotatable bonds is 5. The fourth-order valence-corrected chi connectivity index (χ4v) is 4.82. The van der Waals surface area contributed by atoms with Gasteiger partial charge in [-0.3, -0.25) is 4.79 Å². The summed E-state index contributed by atoms with van der Waals surface area (Å²) in [5, 5.41) is 9.44. The van der Waals surface area contributed by atoms with E-state index in [1.165, 1.54) is 17.4 Å². The SMILES string of the molecule is Cc1nc(C)c(-c2ccc(NC(=O)Cc3ccccc3Cl)cc2S(N)(=O)=O)s1. The van der Waals surface area contributed by atoms with Gasteiger partial charge in [-0.1, -0.05) is 35.9 Å². The highest BCUT2D eigenvalue weighted by Gasteiger charge is 2.20. The number of aryl methyl sites for hydroxylation is 2. The fraction of sp³-hybridized carbons (Fsp3) is 0.158. The summed E-state index contributed by atoms with van der Waals surface area (Å²) in [5.74, 6) is -0.314. The zero-order valence-electron chi connectivity index (χ0n) is 15.2. The third-order valence-corrected chi connectivity index (χ3v) is 6.45. The fourth-order valence-electron chi connectivity index (χ4n) is 2.82. The molecule has 1 aromatic heterocycles. The standard InChI is InChI=1S/C19H18ClN3O3S2/c1-11-19(27-12(2)22-11)15-8-7-14(10-17(15)28(21,25)26)23-18(24)9-13-5-3-4-6-16(13)20/h3-8,10H,9H2,1-2H3,(H,23,24)(H2,21,25,26). The van der Waals surface area contributed by atoms with E-state index in [1.54, 1.807) is 36.4 Å². The first-order chi connectivity index (χ1) is 13.1. The van der Waals surface area contributed by atoms with E-state index >= 15 is 0 Å². The van der Waals surface area contributed by atoms with Gasteiger partial charge in [0.1, 0.15) is 0 Å². The van der Waals surface area contributed by atoms with Crippen LogP contribution in [0.2, 0.25) is 5.02 Å². The summed E-state index contributed by atoms with van der Waals surface area (Å²) in [5.41, 5.74) is 2.21. The summed E-state index contributed by atoms with van der Waals surface area (Å²) in [7, 11) is -4.01. The van der Waals surface area contributed by atoms with Crippen LogP contribution in [0.1, 0.15) is 16.3 Å². The van der Waals surface area contributed by atoms with Crippen LogP contribution in [0.25, 0.3) is 10.4 Å². The predicted molar refractivity (Wildman–Crippen MR) is 112 cm³/mol. The first-order valence-corrected chi connectivity index (χ1v) is 11.0. The number of sulfonamides is 1. The van der Waals surface area contributed by atoms with Gasteiger partial charge in [-0.05, 0) is 37.6 Å². The zero-order chi connectivity index (χ0) is 20.5. The molecular formula is C19H18ClN3O3S2. The number of nitrogens with two attached hydrogens (primary N) is 1. The van der Waals surface area contributed by atoms with E-state index in [-0.39, 0.29) is 17.2 Å². The lowest BCUT2D eigenvalue weighted by atomic mass is 10.1. The number of thiazole rings is 1. The molecule has 0 aliphatic rings. The number of halogens is 1. The van der Waals surface area contributed by atoms with E-state index in [1.807, 2.05) is 13.8 Å². The monoisotopic (exact) mass is 435 g/mol. The van der Waals surface area contributed by atoms with Crippen LogP contribution < -0.4 is 10.5 Å². The third-order valence-electron chi connectivity index (χ3n) is 4.03. The number of anilines is 1. The molecule has 0 saturated carbocycles. The molecule has 0 atom stereocenters. The topological polar surface area (TPSA) is 102 Å². The van der Waals surface area contributed by atoms with Crippen molar-refractivity contribution in [2.45, 2.75) is 25.2 Å². The number of hydrogen-bond donors (Lipinski definition) is 2. The Morgan fingerprint density at radius 3 is 2.54 bits per heavy atom. The van der Waals surface area contributed by atoms with Crippen LogP contribution in [0.15, 0.2) is 47.4 Å². The van der Waals surface area contributed by atoms with Crippen LogP contribution in [0.5, 0.6) is 0 Å². The Balaban J connectivity index is 1.92. The number of nitrogens with one attached hydrogen (secondary N) is 1. The van der Waals surface area contributed by atoms with Crippen molar-refractivity contribution in [1.29, 1.82) is 0 Å². The third kappa shape index (κ3) is 4.59. The average Bonchev–Trinajstić information content (AvgIpc) is 2.94. The molecule has 1 heterocycles. The van der Waals surface area contributed by atoms with Crippen molar-refractivity contribution in [2.75, 3.05) is 5.32 Å². The van der Waals surface area contributed by atoms with Crippen LogP contribution in [-0.4, -0.2) is 19.3 Å². The molecule has 6 nitrogen and oxygen atoms in total. The van der Waals surface area contributed by atoms with Gasteiger partial charge in [-0.15, -0.1) is 11.3 Å². The maximum atomic E-state index is 12.3. The molecule has 2 aromatic carbocycles. The van der Waals surface area contributed by atoms with Crippen LogP contribution >= 0.6 is 22.9 Å². The zero-order valence-corrected chi connectivity index (χ0v) is 17.6. The number of primary sulfonamides is 1. The lowest BCUT2D eigenvalue weighted by Gasteiger charge is -2.11. The van der Waals surface area contributed by atoms with E-state index in [9.17, 15) is 13.2 Å². The summed E-state index contributed by atoms with van der Waals surface area (Å²) < 4.78 is 24.3. The molecular weight excluding hydrogens is 418 g/mol. The highest BCUT2D eigenvalue weighted by Crippen LogP contribution is 2.35. The molecule has 0 unspecified atom stereocenters. The van der Waals surface area contributed by atoms with E-state index in [0.717, 1.165) is 15.6 Å². The summed E-state index contributed by atoms with van der Waals surface area (Å²) in [6.45, 7) is 3.66. The molecule has 3 rings (SSSR count). The number of hydrogen-bond acceptors (Lipinski definition) is 5. The van der Waals surface area contributed by atoms with Gasteiger partial charge in [0.25, 0.3) is 0 Å². The summed E-state index contributed by atoms with van der Waals surface area (Å²) >= 11 is 7.47. The van der Waals surface area contributed by atoms with Crippen LogP contribution in [0.4, 0.5) is 5.69 Å². The lowest BCUT2D eigenvalue weighted by molar-refractivity contribution is -0.115. The summed E-state index contributed by atoms with van der Waals surface area (Å²) in [6.07, 6.45) is 0.0687. The number of benzene rings is 2. The minimum Gasteiger partial charge on any atom is -0.326 e. The first-order valence-electron chi connectivity index (χ1n) is 8.29. The van der Waals surface area contributed by atoms with Crippen molar-refractivity contribution in [2.24, 2.45) is 5.14 Å². The molecule has 0 fully saturated rings. The highest BCUT2D eigenvalue weighted by molar-refractivity contribution is 7.89. The van der Waals surface area contributed by atoms with Crippen molar-refractivity contribution in [3.05, 3.63) is 63.8 Å². The molecule has 0 spiro atoms. The predicted octanol–water partition coefficient (Wildman–Crippen LogP) is 3.91. The van der Waals surface area contributed by atoms with Crippen molar-refractivity contribution in [3.63, 3.8) is 0 Å². The number of carbonyl (C=O) groups is 1. The molecule has 28 heavy (non-hydrogen) atoms. The first kappa shape index (κ1) is 20.5. The van der Waals surface area contributed by atoms with Gasteiger partial charge in [0, 0.05) is 16.3 Å². The molecule has 1 amide bonds. The molecule has 0 bridgehead atoms. The van der Waals surface area contributed by atoms with Crippen LogP contribution in [-0.2, 0) is 21.2 Å². The van der Waals surface area contributed by atoms with Gasteiger partial charge in [-0.25, -0.2) is 18.5 Å². The van der Waals surface area contributed by atoms with E-state index in [4.69, 9.17) is 16.7 Å². The van der Waals surface area contributed by atoms with Gasteiger partial charge in [0.2, 0.25) is 15.9 Å². The molecule has 0 radical (unpaired) electrons. The molecule has 0 saturated heterocycles. The molecule has 0 aliphatic carbocycles. The smallest absolute Gasteiger partial charge is 0.238 e. The highest BCUT2D eigenvalue weighted by atomic mass is 35.5. The van der Waals surface area contributed by atoms with E-state index in [0.29, 0.717) is 21.8 Å². The van der Waals surface area contributed by atoms with Gasteiger partial charge in [0.15, 0.2) is 0 Å². The second-order valence-corrected chi connectivity index (χ2v) is 9.36. The molecule has 146 valence electrons. The molecule has 3 N–H and O–H groups in total. The van der Waals surface area contributed by atoms with Crippen LogP contribution in [0, 0.1) is 13.8 Å². The van der Waals surface area contributed by atoms with Gasteiger partial charge < -0.3 is 5.32 Å². The van der Waals surface area contributed by atoms with E-state index < -0.39 is 10.0 Å². The molecule has 3 aromatic rings. The normalized spacial score (nSPS) is 11.4. The summed E-state index contributed by atoms with van der Waals surface area (Å²) in [4.78, 5) is 17.4. The minimum absolute atomic E-state index is 0.0604. The Hall–Kier alpha value is -2.26. The number of aromatic nitrogens is 1. The Morgan fingerprint density at radius 2 is 1.93 bits per heavy atom. The average molecular weight is 436 g/mol. The quantitative estimate of drug-likeness (QED) is 0.634. The Kier molecular flexibility index (Phi) is 5.85. The van der Waals surface area contributed by atoms with Gasteiger partial charge >= 0.3 is 0 Å². The Morgan fingerprint density at radius 1 is 1.21 bits per heavy atom. The molecule has 9 heteroatoms. The van der Waals surface area contributed by atoms with E-state index in [2.05, 4.69) is 10.3 Å². The minimum atomic E-state index is -4.01. The lowest BCUT2D eigenvalue weighted by Crippen LogP contribution is -2.17. The Bertz CT molecular complexity index is 1160. The molecule has 0 aliphatic heterocycles. The Labute approximate surface area is 172 Å². The van der Waals surface area contributed by atoms with Crippen LogP contribution in [0.3, 0.4) is 0 Å². The summed E-state index contributed by atoms with van der Waals surface area (Å²) in [6, 6.07) is 11.7.